The van der Waals surface area contributed by atoms with Gasteiger partial charge in [0.15, 0.2) is 0 Å². The summed E-state index contributed by atoms with van der Waals surface area (Å²) in [6.45, 7) is 28.1. The number of hydrogen-bond donors (Lipinski definition) is 0. The minimum Gasteiger partial charge on any atom is -1.00 e. The van der Waals surface area contributed by atoms with E-state index in [1.807, 2.05) is 0 Å². The summed E-state index contributed by atoms with van der Waals surface area (Å²) in [4.78, 5) is 0. The predicted octanol–water partition coefficient (Wildman–Crippen LogP) is 7.11. The zero-order valence-corrected chi connectivity index (χ0v) is 39.0. The van der Waals surface area contributed by atoms with Crippen LogP contribution in [0.4, 0.5) is 0 Å². The van der Waals surface area contributed by atoms with Gasteiger partial charge in [-0.05, 0) is 94.5 Å². The van der Waals surface area contributed by atoms with E-state index in [9.17, 15) is 0 Å². The molecule has 0 bridgehead atoms. The summed E-state index contributed by atoms with van der Waals surface area (Å²) in [7, 11) is 0. The monoisotopic (exact) mass is 839 g/mol. The van der Waals surface area contributed by atoms with E-state index < -0.39 is 0 Å². The van der Waals surface area contributed by atoms with E-state index in [1.165, 1.54) is 69.2 Å². The molecule has 6 rings (SSSR count). The Bertz CT molecular complexity index is 2140. The summed E-state index contributed by atoms with van der Waals surface area (Å²) < 4.78 is 0.472. The van der Waals surface area contributed by atoms with E-state index in [0.717, 1.165) is 28.7 Å². The summed E-state index contributed by atoms with van der Waals surface area (Å²) >= 11 is 1.51. The van der Waals surface area contributed by atoms with E-state index in [4.69, 9.17) is 0 Å². The molecule has 0 saturated heterocycles. The molecule has 0 heterocycles. The van der Waals surface area contributed by atoms with Crippen molar-refractivity contribution in [3.63, 3.8) is 0 Å². The maximum Gasteiger partial charge on any atom is 0.0248 e. The topological polar surface area (TPSA) is 0 Å². The Morgan fingerprint density at radius 2 is 0.655 bits per heavy atom. The SMILES string of the molecule is CC(C)(C)C#Cc1ccc2c(c1)[CH]([Zr+2])c1cc(C#CC(C)(C)C)ccc1-2.CCC1c2cc(C#CC(C)(C)C)ccc2-c2ccc(C#CC(C)(C)C)cc21.[Cl-].[Cl-]. The molecule has 0 aromatic heterocycles. The summed E-state index contributed by atoms with van der Waals surface area (Å²) in [6, 6.07) is 26.8. The molecule has 4 aromatic rings. The van der Waals surface area contributed by atoms with Crippen LogP contribution in [-0.2, 0) is 24.7 Å². The third kappa shape index (κ3) is 12.3. The van der Waals surface area contributed by atoms with Gasteiger partial charge in [-0.25, -0.2) is 0 Å². The molecule has 0 unspecified atom stereocenters. The maximum atomic E-state index is 3.36. The number of benzene rings is 4. The zero-order chi connectivity index (χ0) is 38.9. The Balaban J connectivity index is 0.000000285. The van der Waals surface area contributed by atoms with Crippen molar-refractivity contribution in [1.29, 1.82) is 0 Å². The van der Waals surface area contributed by atoms with Crippen molar-refractivity contribution in [2.75, 3.05) is 0 Å². The molecule has 0 nitrogen and oxygen atoms in total. The van der Waals surface area contributed by atoms with E-state index >= 15 is 0 Å². The largest absolute Gasteiger partial charge is 1.00 e. The van der Waals surface area contributed by atoms with Gasteiger partial charge in [0.25, 0.3) is 0 Å². The van der Waals surface area contributed by atoms with Crippen molar-refractivity contribution in [2.24, 2.45) is 21.7 Å². The van der Waals surface area contributed by atoms with Crippen LogP contribution in [0.25, 0.3) is 22.3 Å². The summed E-state index contributed by atoms with van der Waals surface area (Å²) in [5.41, 5.74) is 15.6. The zero-order valence-electron chi connectivity index (χ0n) is 35.0. The normalized spacial score (nSPS) is 12.7. The van der Waals surface area contributed by atoms with Crippen LogP contribution >= 0.6 is 0 Å². The van der Waals surface area contributed by atoms with Crippen LogP contribution in [0.2, 0.25) is 0 Å². The summed E-state index contributed by atoms with van der Waals surface area (Å²) in [6.07, 6.45) is 1.09. The molecule has 2 aliphatic carbocycles. The number of hydrogen-bond acceptors (Lipinski definition) is 0. The maximum absolute atomic E-state index is 3.36. The first-order chi connectivity index (χ1) is 24.6. The first-order valence-electron chi connectivity index (χ1n) is 19.0. The van der Waals surface area contributed by atoms with Crippen molar-refractivity contribution >= 4 is 0 Å². The van der Waals surface area contributed by atoms with Gasteiger partial charge in [0.2, 0.25) is 0 Å². The fourth-order valence-corrected chi connectivity index (χ4v) is 7.59. The quantitative estimate of drug-likeness (QED) is 0.180. The van der Waals surface area contributed by atoms with Gasteiger partial charge >= 0.3 is 174 Å². The number of halogens is 2. The van der Waals surface area contributed by atoms with Gasteiger partial charge in [-0.3, -0.25) is 0 Å². The van der Waals surface area contributed by atoms with Gasteiger partial charge in [0.1, 0.15) is 0 Å². The van der Waals surface area contributed by atoms with Gasteiger partial charge in [-0.15, -0.1) is 0 Å². The molecule has 4 aromatic carbocycles. The first kappa shape index (κ1) is 46.0. The van der Waals surface area contributed by atoms with Crippen molar-refractivity contribution < 1.29 is 49.5 Å². The third-order valence-corrected chi connectivity index (χ3v) is 10.4. The van der Waals surface area contributed by atoms with Crippen LogP contribution in [0.1, 0.15) is 150 Å². The predicted molar refractivity (Wildman–Crippen MR) is 223 cm³/mol. The van der Waals surface area contributed by atoms with Crippen molar-refractivity contribution in [2.45, 2.75) is 106 Å². The van der Waals surface area contributed by atoms with Crippen LogP contribution in [0, 0.1) is 69.0 Å². The van der Waals surface area contributed by atoms with Crippen LogP contribution in [0.15, 0.2) is 72.8 Å². The second-order valence-corrected chi connectivity index (χ2v) is 20.0. The minimum atomic E-state index is 0. The molecule has 2 aliphatic rings. The van der Waals surface area contributed by atoms with Crippen LogP contribution in [-0.4, -0.2) is 0 Å². The Morgan fingerprint density at radius 3 is 0.891 bits per heavy atom. The van der Waals surface area contributed by atoms with Gasteiger partial charge in [-0.1, -0.05) is 42.7 Å². The van der Waals surface area contributed by atoms with Gasteiger partial charge in [0.05, 0.1) is 0 Å². The molecule has 0 fully saturated rings. The molecule has 0 spiro atoms. The molecule has 55 heavy (non-hydrogen) atoms. The minimum absolute atomic E-state index is 0. The Morgan fingerprint density at radius 1 is 0.418 bits per heavy atom. The summed E-state index contributed by atoms with van der Waals surface area (Å²) in [5.74, 6) is 27.3. The second-order valence-electron chi connectivity index (χ2n) is 18.6. The first-order valence-corrected chi connectivity index (χ1v) is 20.4. The molecule has 0 aliphatic heterocycles. The van der Waals surface area contributed by atoms with E-state index in [2.05, 4.69) is 210 Å². The van der Waals surface area contributed by atoms with Gasteiger partial charge < -0.3 is 24.8 Å². The van der Waals surface area contributed by atoms with E-state index in [1.54, 1.807) is 0 Å². The fourth-order valence-electron chi connectivity index (χ4n) is 6.41. The van der Waals surface area contributed by atoms with Crippen molar-refractivity contribution in [1.82, 2.24) is 0 Å². The molecule has 0 atom stereocenters. The Labute approximate surface area is 361 Å². The van der Waals surface area contributed by atoms with Gasteiger partial charge in [0, 0.05) is 27.9 Å². The average Bonchev–Trinajstić information content (AvgIpc) is 3.53. The smallest absolute Gasteiger partial charge is 0.0248 e. The molecule has 0 N–H and O–H groups in total. The van der Waals surface area contributed by atoms with Crippen LogP contribution in [0.3, 0.4) is 0 Å². The third-order valence-electron chi connectivity index (χ3n) is 8.90. The molecule has 0 amide bonds. The van der Waals surface area contributed by atoms with Crippen LogP contribution < -0.4 is 24.8 Å². The molecule has 0 radical (unpaired) electrons. The van der Waals surface area contributed by atoms with Crippen molar-refractivity contribution in [3.8, 4) is 69.6 Å². The Hall–Kier alpha value is -3.42. The van der Waals surface area contributed by atoms with Gasteiger partial charge in [-0.2, -0.15) is 0 Å². The molecular weight excluding hydrogens is 787 g/mol. The standard InChI is InChI=1S/C27H30.C25H25.2ClH.Zr/c1-8-21-24-17-19(13-15-26(2,3)4)9-11-22(24)23-12-10-20(18-25(21)23)14-16-27(5,6)7;1-24(2,3)13-11-18-7-9-22-20(15-18)17-21-16-19(8-10-23(21)22)12-14-25(4,5)6;;;/h9-12,17-18,21H,8H2,1-7H3;7-10,15-17H,1-6H3;2*1H;/q;;;;+2/p-2. The average molecular weight is 842 g/mol. The molecule has 281 valence electrons. The number of rotatable bonds is 1. The van der Waals surface area contributed by atoms with Crippen molar-refractivity contribution in [3.05, 3.63) is 117 Å². The van der Waals surface area contributed by atoms with E-state index in [-0.39, 0.29) is 46.5 Å². The molecular formula is C52H55Cl2Zr. The summed E-state index contributed by atoms with van der Waals surface area (Å²) in [5, 5.41) is 0. The van der Waals surface area contributed by atoms with Crippen LogP contribution in [0.5, 0.6) is 0 Å². The second kappa shape index (κ2) is 17.8. The fraction of sp³-hybridized carbons (Fsp3) is 0.385. The number of fused-ring (bicyclic) bond motifs is 6. The Kier molecular flexibility index (Phi) is 14.9. The van der Waals surface area contributed by atoms with E-state index in [0.29, 0.717) is 9.54 Å². The molecule has 3 heteroatoms. The molecule has 0 saturated carbocycles.